The molecule has 1 atom stereocenters. The molecule has 1 aromatic rings. The Balaban J connectivity index is 2.74. The van der Waals surface area contributed by atoms with Crippen LogP contribution in [0.15, 0.2) is 21.2 Å². The maximum absolute atomic E-state index is 11.8. The van der Waals surface area contributed by atoms with Crippen molar-refractivity contribution < 1.29 is 19.1 Å². The summed E-state index contributed by atoms with van der Waals surface area (Å²) in [5.41, 5.74) is -0.776. The molecule has 0 aliphatic carbocycles. The number of furan rings is 1. The lowest BCUT2D eigenvalue weighted by Crippen LogP contribution is -2.46. The smallest absolute Gasteiger partial charge is 0.305 e. The number of carbonyl (C=O) groups is 2. The van der Waals surface area contributed by atoms with Crippen LogP contribution in [0.1, 0.15) is 37.2 Å². The number of hydrogen-bond acceptors (Lipinski definition) is 3. The maximum atomic E-state index is 11.8. The molecule has 1 aromatic heterocycles. The van der Waals surface area contributed by atoms with E-state index in [4.69, 9.17) is 9.52 Å². The quantitative estimate of drug-likeness (QED) is 0.875. The molecule has 0 unspecified atom stereocenters. The van der Waals surface area contributed by atoms with Crippen molar-refractivity contribution in [3.63, 3.8) is 0 Å². The predicted molar refractivity (Wildman–Crippen MR) is 64.8 cm³/mol. The van der Waals surface area contributed by atoms with Crippen LogP contribution >= 0.6 is 15.9 Å². The standard InChI is InChI=1S/C11H14BrNO4/c1-3-11(2,6-9(14)15)13-10(16)7-4-5-8(12)17-7/h4-5H,3,6H2,1-2H3,(H,13,16)(H,14,15)/t11-/m0/s1. The van der Waals surface area contributed by atoms with Gasteiger partial charge in [0, 0.05) is 5.54 Å². The molecule has 1 amide bonds. The summed E-state index contributed by atoms with van der Waals surface area (Å²) in [7, 11) is 0. The highest BCUT2D eigenvalue weighted by Crippen LogP contribution is 2.18. The number of aliphatic carboxylic acids is 1. The maximum Gasteiger partial charge on any atom is 0.305 e. The van der Waals surface area contributed by atoms with Crippen molar-refractivity contribution in [3.8, 4) is 0 Å². The molecule has 94 valence electrons. The Hall–Kier alpha value is -1.30. The topological polar surface area (TPSA) is 79.5 Å². The summed E-state index contributed by atoms with van der Waals surface area (Å²) < 4.78 is 5.56. The van der Waals surface area contributed by atoms with E-state index in [0.29, 0.717) is 11.1 Å². The molecule has 0 saturated carbocycles. The van der Waals surface area contributed by atoms with Gasteiger partial charge >= 0.3 is 5.97 Å². The van der Waals surface area contributed by atoms with Gasteiger partial charge in [-0.2, -0.15) is 0 Å². The Morgan fingerprint density at radius 2 is 2.18 bits per heavy atom. The Morgan fingerprint density at radius 1 is 1.53 bits per heavy atom. The van der Waals surface area contributed by atoms with Gasteiger partial charge in [0.15, 0.2) is 10.4 Å². The molecule has 0 saturated heterocycles. The van der Waals surface area contributed by atoms with Crippen molar-refractivity contribution >= 4 is 27.8 Å². The first-order chi connectivity index (χ1) is 7.86. The lowest BCUT2D eigenvalue weighted by Gasteiger charge is -2.27. The number of amides is 1. The highest BCUT2D eigenvalue weighted by molar-refractivity contribution is 9.10. The van der Waals surface area contributed by atoms with E-state index in [9.17, 15) is 9.59 Å². The van der Waals surface area contributed by atoms with Crippen LogP contribution in [-0.4, -0.2) is 22.5 Å². The molecule has 0 spiro atoms. The number of carboxylic acids is 1. The molecular formula is C11H14BrNO4. The molecular weight excluding hydrogens is 290 g/mol. The Bertz CT molecular complexity index is 429. The number of carboxylic acid groups (broad SMARTS) is 1. The number of hydrogen-bond donors (Lipinski definition) is 2. The molecule has 0 bridgehead atoms. The minimum absolute atomic E-state index is 0.128. The second kappa shape index (κ2) is 5.35. The Kier molecular flexibility index (Phi) is 4.34. The van der Waals surface area contributed by atoms with Crippen LogP contribution in [0.4, 0.5) is 0 Å². The first-order valence-electron chi connectivity index (χ1n) is 5.16. The van der Waals surface area contributed by atoms with Crippen LogP contribution < -0.4 is 5.32 Å². The fourth-order valence-electron chi connectivity index (χ4n) is 1.36. The fraction of sp³-hybridized carbons (Fsp3) is 0.455. The molecule has 17 heavy (non-hydrogen) atoms. The zero-order valence-electron chi connectivity index (χ0n) is 9.62. The number of halogens is 1. The SMILES string of the molecule is CC[C@@](C)(CC(=O)O)NC(=O)c1ccc(Br)o1. The molecule has 1 rings (SSSR count). The van der Waals surface area contributed by atoms with Gasteiger partial charge in [0.25, 0.3) is 5.91 Å². The minimum atomic E-state index is -0.949. The van der Waals surface area contributed by atoms with E-state index in [1.54, 1.807) is 13.0 Å². The number of rotatable bonds is 5. The van der Waals surface area contributed by atoms with Gasteiger partial charge in [0.05, 0.1) is 6.42 Å². The van der Waals surface area contributed by atoms with Gasteiger partial charge in [-0.1, -0.05) is 6.92 Å². The van der Waals surface area contributed by atoms with Crippen molar-refractivity contribution in [2.75, 3.05) is 0 Å². The third kappa shape index (κ3) is 3.89. The van der Waals surface area contributed by atoms with Gasteiger partial charge in [-0.25, -0.2) is 0 Å². The second-order valence-electron chi connectivity index (χ2n) is 4.04. The predicted octanol–water partition coefficient (Wildman–Crippen LogP) is 2.42. The van der Waals surface area contributed by atoms with Gasteiger partial charge in [-0.05, 0) is 41.4 Å². The Morgan fingerprint density at radius 3 is 2.59 bits per heavy atom. The lowest BCUT2D eigenvalue weighted by atomic mass is 9.94. The van der Waals surface area contributed by atoms with Crippen molar-refractivity contribution in [3.05, 3.63) is 22.6 Å². The summed E-state index contributed by atoms with van der Waals surface area (Å²) >= 11 is 3.10. The molecule has 0 aliphatic rings. The second-order valence-corrected chi connectivity index (χ2v) is 4.82. The summed E-state index contributed by atoms with van der Waals surface area (Å²) in [4.78, 5) is 22.5. The van der Waals surface area contributed by atoms with Crippen molar-refractivity contribution in [2.45, 2.75) is 32.2 Å². The monoisotopic (exact) mass is 303 g/mol. The van der Waals surface area contributed by atoms with Gasteiger partial charge < -0.3 is 14.8 Å². The van der Waals surface area contributed by atoms with Crippen LogP contribution in [0.3, 0.4) is 0 Å². The average Bonchev–Trinajstić information content (AvgIpc) is 2.63. The first kappa shape index (κ1) is 13.8. The van der Waals surface area contributed by atoms with E-state index < -0.39 is 17.4 Å². The van der Waals surface area contributed by atoms with Crippen LogP contribution in [0, 0.1) is 0 Å². The number of nitrogens with one attached hydrogen (secondary N) is 1. The minimum Gasteiger partial charge on any atom is -0.481 e. The van der Waals surface area contributed by atoms with Crippen LogP contribution in [-0.2, 0) is 4.79 Å². The summed E-state index contributed by atoms with van der Waals surface area (Å²) in [6, 6.07) is 3.13. The Labute approximate surface area is 107 Å². The first-order valence-corrected chi connectivity index (χ1v) is 5.95. The molecule has 0 aromatic carbocycles. The molecule has 6 heteroatoms. The lowest BCUT2D eigenvalue weighted by molar-refractivity contribution is -0.138. The summed E-state index contributed by atoms with van der Waals surface area (Å²) in [6.07, 6.45) is 0.393. The summed E-state index contributed by atoms with van der Waals surface area (Å²) in [5, 5.41) is 11.5. The fourth-order valence-corrected chi connectivity index (χ4v) is 1.67. The van der Waals surface area contributed by atoms with Gasteiger partial charge in [0.1, 0.15) is 0 Å². The van der Waals surface area contributed by atoms with Gasteiger partial charge in [-0.3, -0.25) is 9.59 Å². The van der Waals surface area contributed by atoms with Crippen LogP contribution in [0.2, 0.25) is 0 Å². The van der Waals surface area contributed by atoms with Crippen LogP contribution in [0.5, 0.6) is 0 Å². The van der Waals surface area contributed by atoms with Gasteiger partial charge in [0.2, 0.25) is 0 Å². The van der Waals surface area contributed by atoms with Gasteiger partial charge in [-0.15, -0.1) is 0 Å². The van der Waals surface area contributed by atoms with E-state index in [1.807, 2.05) is 6.92 Å². The normalized spacial score (nSPS) is 14.1. The molecule has 0 fully saturated rings. The van der Waals surface area contributed by atoms with E-state index in [1.165, 1.54) is 6.07 Å². The summed E-state index contributed by atoms with van der Waals surface area (Å²) in [6.45, 7) is 3.51. The third-order valence-electron chi connectivity index (χ3n) is 2.53. The molecule has 0 aliphatic heterocycles. The average molecular weight is 304 g/mol. The zero-order chi connectivity index (χ0) is 13.1. The van der Waals surface area contributed by atoms with Crippen molar-refractivity contribution in [1.29, 1.82) is 0 Å². The third-order valence-corrected chi connectivity index (χ3v) is 2.96. The van der Waals surface area contributed by atoms with Crippen molar-refractivity contribution in [2.24, 2.45) is 0 Å². The highest BCUT2D eigenvalue weighted by Gasteiger charge is 2.28. The van der Waals surface area contributed by atoms with Crippen molar-refractivity contribution in [1.82, 2.24) is 5.32 Å². The number of carbonyl (C=O) groups excluding carboxylic acids is 1. The van der Waals surface area contributed by atoms with E-state index in [0.717, 1.165) is 0 Å². The van der Waals surface area contributed by atoms with E-state index >= 15 is 0 Å². The summed E-state index contributed by atoms with van der Waals surface area (Å²) in [5.74, 6) is -1.21. The molecule has 1 heterocycles. The molecule has 0 radical (unpaired) electrons. The van der Waals surface area contributed by atoms with E-state index in [2.05, 4.69) is 21.2 Å². The zero-order valence-corrected chi connectivity index (χ0v) is 11.2. The molecule has 2 N–H and O–H groups in total. The highest BCUT2D eigenvalue weighted by atomic mass is 79.9. The largest absolute Gasteiger partial charge is 0.481 e. The van der Waals surface area contributed by atoms with E-state index in [-0.39, 0.29) is 12.2 Å². The van der Waals surface area contributed by atoms with Crippen LogP contribution in [0.25, 0.3) is 0 Å². The molecule has 5 nitrogen and oxygen atoms in total.